The first-order valence-electron chi connectivity index (χ1n) is 5.59. The number of aryl methyl sites for hydroxylation is 2. The van der Waals surface area contributed by atoms with E-state index in [2.05, 4.69) is 10.4 Å². The Kier molecular flexibility index (Phi) is 4.54. The van der Waals surface area contributed by atoms with Gasteiger partial charge in [-0.3, -0.25) is 9.48 Å². The van der Waals surface area contributed by atoms with Gasteiger partial charge in [0.25, 0.3) is 5.91 Å². The van der Waals surface area contributed by atoms with Gasteiger partial charge in [0.1, 0.15) is 5.69 Å². The fraction of sp³-hybridized carbons (Fsp3) is 0.636. The summed E-state index contributed by atoms with van der Waals surface area (Å²) in [4.78, 5) is 14.1. The van der Waals surface area contributed by atoms with Gasteiger partial charge < -0.3 is 10.2 Å². The highest BCUT2D eigenvalue weighted by atomic mass is 35.5. The molecule has 1 aromatic rings. The van der Waals surface area contributed by atoms with Crippen LogP contribution in [0, 0.1) is 6.92 Å². The summed E-state index contributed by atoms with van der Waals surface area (Å²) in [6.07, 6.45) is 1.03. The predicted octanol–water partition coefficient (Wildman–Crippen LogP) is 0.584. The minimum absolute atomic E-state index is 0. The third-order valence-corrected chi connectivity index (χ3v) is 3.10. The monoisotopic (exact) mass is 258 g/mol. The Morgan fingerprint density at radius 3 is 2.76 bits per heavy atom. The third-order valence-electron chi connectivity index (χ3n) is 3.10. The summed E-state index contributed by atoms with van der Waals surface area (Å²) in [5, 5.41) is 7.40. The van der Waals surface area contributed by atoms with Crippen molar-refractivity contribution in [3.8, 4) is 0 Å². The van der Waals surface area contributed by atoms with Crippen molar-refractivity contribution in [3.63, 3.8) is 0 Å². The number of halogens is 1. The van der Waals surface area contributed by atoms with Gasteiger partial charge in [-0.25, -0.2) is 0 Å². The molecule has 96 valence electrons. The Labute approximate surface area is 108 Å². The largest absolute Gasteiger partial charge is 0.336 e. The summed E-state index contributed by atoms with van der Waals surface area (Å²) >= 11 is 0. The van der Waals surface area contributed by atoms with Gasteiger partial charge in [-0.05, 0) is 26.5 Å². The molecule has 0 bridgehead atoms. The Morgan fingerprint density at radius 1 is 1.59 bits per heavy atom. The van der Waals surface area contributed by atoms with E-state index in [1.165, 1.54) is 0 Å². The second kappa shape index (κ2) is 5.51. The maximum Gasteiger partial charge on any atom is 0.272 e. The van der Waals surface area contributed by atoms with E-state index >= 15 is 0 Å². The average Bonchev–Trinajstić information content (AvgIpc) is 2.84. The van der Waals surface area contributed by atoms with Crippen LogP contribution in [-0.2, 0) is 7.05 Å². The lowest BCUT2D eigenvalue weighted by Crippen LogP contribution is -2.34. The summed E-state index contributed by atoms with van der Waals surface area (Å²) < 4.78 is 1.66. The minimum Gasteiger partial charge on any atom is -0.336 e. The van der Waals surface area contributed by atoms with Gasteiger partial charge in [-0.15, -0.1) is 12.4 Å². The molecule has 6 heteroatoms. The van der Waals surface area contributed by atoms with Crippen LogP contribution >= 0.6 is 12.4 Å². The predicted molar refractivity (Wildman–Crippen MR) is 68.6 cm³/mol. The van der Waals surface area contributed by atoms with Gasteiger partial charge in [0.05, 0.1) is 5.69 Å². The number of hydrogen-bond donors (Lipinski definition) is 1. The van der Waals surface area contributed by atoms with Gasteiger partial charge >= 0.3 is 0 Å². The summed E-state index contributed by atoms with van der Waals surface area (Å²) in [5.74, 6) is 0.0841. The number of hydrogen-bond acceptors (Lipinski definition) is 3. The summed E-state index contributed by atoms with van der Waals surface area (Å²) in [6.45, 7) is 3.52. The molecule has 5 nitrogen and oxygen atoms in total. The van der Waals surface area contributed by atoms with E-state index < -0.39 is 0 Å². The zero-order valence-corrected chi connectivity index (χ0v) is 11.3. The van der Waals surface area contributed by atoms with Crippen molar-refractivity contribution in [2.75, 3.05) is 20.1 Å². The topological polar surface area (TPSA) is 50.2 Å². The van der Waals surface area contributed by atoms with Gasteiger partial charge in [-0.2, -0.15) is 5.10 Å². The van der Waals surface area contributed by atoms with Crippen LogP contribution in [0.4, 0.5) is 0 Å². The summed E-state index contributed by atoms with van der Waals surface area (Å²) in [6, 6.07) is 2.27. The third kappa shape index (κ3) is 2.79. The van der Waals surface area contributed by atoms with Crippen molar-refractivity contribution in [1.29, 1.82) is 0 Å². The molecule has 1 aliphatic heterocycles. The summed E-state index contributed by atoms with van der Waals surface area (Å²) in [7, 11) is 3.75. The number of nitrogens with zero attached hydrogens (tertiary/aromatic N) is 3. The van der Waals surface area contributed by atoms with Crippen LogP contribution in [0.5, 0.6) is 0 Å². The van der Waals surface area contributed by atoms with E-state index in [9.17, 15) is 4.79 Å². The molecule has 1 unspecified atom stereocenters. The molecule has 0 aromatic carbocycles. The molecule has 0 radical (unpaired) electrons. The van der Waals surface area contributed by atoms with Crippen LogP contribution in [0.3, 0.4) is 0 Å². The quantitative estimate of drug-likeness (QED) is 0.845. The molecule has 1 amide bonds. The van der Waals surface area contributed by atoms with Crippen LogP contribution in [0.1, 0.15) is 22.6 Å². The van der Waals surface area contributed by atoms with E-state index in [1.54, 1.807) is 4.68 Å². The molecule has 0 aliphatic carbocycles. The first-order chi connectivity index (χ1) is 7.61. The SMILES string of the molecule is CNC1CCN(C(=O)c2cc(C)nn2C)C1.Cl. The van der Waals surface area contributed by atoms with Gasteiger partial charge in [0, 0.05) is 26.2 Å². The zero-order chi connectivity index (χ0) is 11.7. The highest BCUT2D eigenvalue weighted by Gasteiger charge is 2.27. The van der Waals surface area contributed by atoms with Gasteiger partial charge in [0.15, 0.2) is 0 Å². The maximum absolute atomic E-state index is 12.2. The summed E-state index contributed by atoms with van der Waals surface area (Å²) in [5.41, 5.74) is 1.56. The minimum atomic E-state index is 0. The smallest absolute Gasteiger partial charge is 0.272 e. The van der Waals surface area contributed by atoms with Gasteiger partial charge in [-0.1, -0.05) is 0 Å². The fourth-order valence-electron chi connectivity index (χ4n) is 2.15. The van der Waals surface area contributed by atoms with E-state index in [0.29, 0.717) is 11.7 Å². The fourth-order valence-corrected chi connectivity index (χ4v) is 2.15. The Balaban J connectivity index is 0.00000144. The lowest BCUT2D eigenvalue weighted by atomic mass is 10.3. The number of nitrogens with one attached hydrogen (secondary N) is 1. The molecule has 1 N–H and O–H groups in total. The number of carbonyl (C=O) groups is 1. The van der Waals surface area contributed by atoms with Gasteiger partial charge in [0.2, 0.25) is 0 Å². The molecular formula is C11H19ClN4O. The first-order valence-corrected chi connectivity index (χ1v) is 5.59. The second-order valence-corrected chi connectivity index (χ2v) is 4.32. The normalized spacial score (nSPS) is 19.2. The van der Waals surface area contributed by atoms with Crippen LogP contribution in [0.2, 0.25) is 0 Å². The van der Waals surface area contributed by atoms with Crippen LogP contribution in [0.25, 0.3) is 0 Å². The van der Waals surface area contributed by atoms with E-state index in [0.717, 1.165) is 25.2 Å². The molecule has 0 spiro atoms. The van der Waals surface area contributed by atoms with Crippen molar-refractivity contribution in [1.82, 2.24) is 20.0 Å². The number of likely N-dealkylation sites (tertiary alicyclic amines) is 1. The van der Waals surface area contributed by atoms with E-state index in [4.69, 9.17) is 0 Å². The molecule has 1 fully saturated rings. The van der Waals surface area contributed by atoms with Crippen molar-refractivity contribution in [3.05, 3.63) is 17.5 Å². The second-order valence-electron chi connectivity index (χ2n) is 4.32. The standard InChI is InChI=1S/C11H18N4O.ClH/c1-8-6-10(14(3)13-8)11(16)15-5-4-9(7-15)12-2;/h6,9,12H,4-5,7H2,1-3H3;1H. The molecule has 2 rings (SSSR count). The maximum atomic E-state index is 12.2. The molecule has 17 heavy (non-hydrogen) atoms. The molecular weight excluding hydrogens is 240 g/mol. The van der Waals surface area contributed by atoms with Crippen molar-refractivity contribution in [2.24, 2.45) is 7.05 Å². The number of rotatable bonds is 2. The zero-order valence-electron chi connectivity index (χ0n) is 10.4. The van der Waals surface area contributed by atoms with Crippen LogP contribution < -0.4 is 5.32 Å². The highest BCUT2D eigenvalue weighted by molar-refractivity contribution is 5.92. The van der Waals surface area contributed by atoms with Crippen LogP contribution in [-0.4, -0.2) is 46.8 Å². The lowest BCUT2D eigenvalue weighted by molar-refractivity contribution is 0.0779. The number of carbonyl (C=O) groups excluding carboxylic acids is 1. The lowest BCUT2D eigenvalue weighted by Gasteiger charge is -2.16. The van der Waals surface area contributed by atoms with E-state index in [-0.39, 0.29) is 18.3 Å². The molecule has 0 saturated carbocycles. The Morgan fingerprint density at radius 2 is 2.29 bits per heavy atom. The first kappa shape index (κ1) is 14.0. The number of likely N-dealkylation sites (N-methyl/N-ethyl adjacent to an activating group) is 1. The van der Waals surface area contributed by atoms with Crippen molar-refractivity contribution < 1.29 is 4.79 Å². The van der Waals surface area contributed by atoms with Crippen molar-refractivity contribution in [2.45, 2.75) is 19.4 Å². The van der Waals surface area contributed by atoms with E-state index in [1.807, 2.05) is 32.0 Å². The number of aromatic nitrogens is 2. The van der Waals surface area contributed by atoms with Crippen LogP contribution in [0.15, 0.2) is 6.07 Å². The number of amides is 1. The molecule has 1 aliphatic rings. The molecule has 1 saturated heterocycles. The molecule has 1 atom stereocenters. The Hall–Kier alpha value is -1.07. The molecule has 2 heterocycles. The average molecular weight is 259 g/mol. The highest BCUT2D eigenvalue weighted by Crippen LogP contribution is 2.13. The Bertz CT molecular complexity index is 404. The molecule has 1 aromatic heterocycles. The van der Waals surface area contributed by atoms with Crippen molar-refractivity contribution >= 4 is 18.3 Å².